The van der Waals surface area contributed by atoms with Crippen molar-refractivity contribution in [3.05, 3.63) is 52.8 Å². The van der Waals surface area contributed by atoms with Crippen molar-refractivity contribution in [3.8, 4) is 11.5 Å². The molecule has 1 aromatic heterocycles. The van der Waals surface area contributed by atoms with Gasteiger partial charge in [-0.1, -0.05) is 6.07 Å². The average molecular weight is 343 g/mol. The van der Waals surface area contributed by atoms with Gasteiger partial charge in [-0.05, 0) is 47.7 Å². The van der Waals surface area contributed by atoms with Crippen molar-refractivity contribution in [1.29, 1.82) is 0 Å². The third-order valence-corrected chi connectivity index (χ3v) is 3.93. The molecule has 2 N–H and O–H groups in total. The number of nitrogens with one attached hydrogen (secondary N) is 1. The Bertz CT molecular complexity index is 841. The number of aromatic hydroxyl groups is 1. The molecule has 0 spiro atoms. The SMILES string of the molecule is COc1cc(/C=C2\S/C(=N\N=C/c3ccco3)NC2=O)ccc1O. The predicted molar refractivity (Wildman–Crippen MR) is 92.1 cm³/mol. The van der Waals surface area contributed by atoms with E-state index in [-0.39, 0.29) is 11.7 Å². The predicted octanol–water partition coefficient (Wildman–Crippen LogP) is 2.59. The summed E-state index contributed by atoms with van der Waals surface area (Å²) < 4.78 is 10.1. The van der Waals surface area contributed by atoms with E-state index in [4.69, 9.17) is 9.15 Å². The van der Waals surface area contributed by atoms with Crippen LogP contribution in [0.1, 0.15) is 11.3 Å². The summed E-state index contributed by atoms with van der Waals surface area (Å²) in [6.45, 7) is 0. The normalized spacial score (nSPS) is 17.8. The number of amidine groups is 1. The maximum atomic E-state index is 12.0. The fourth-order valence-corrected chi connectivity index (χ4v) is 2.69. The van der Waals surface area contributed by atoms with Gasteiger partial charge >= 0.3 is 0 Å². The first-order chi connectivity index (χ1) is 11.7. The van der Waals surface area contributed by atoms with Crippen LogP contribution in [0.4, 0.5) is 0 Å². The standard InChI is InChI=1S/C16H13N3O4S/c1-22-13-7-10(4-5-12(13)20)8-14-15(21)18-16(24-14)19-17-9-11-3-2-6-23-11/h2-9,20H,1H3,(H,18,19,21)/b14-8-,17-9-. The van der Waals surface area contributed by atoms with Gasteiger partial charge in [0.1, 0.15) is 5.76 Å². The van der Waals surface area contributed by atoms with E-state index < -0.39 is 0 Å². The van der Waals surface area contributed by atoms with Gasteiger partial charge in [0.15, 0.2) is 16.7 Å². The number of amides is 1. The number of phenolic OH excluding ortho intramolecular Hbond substituents is 1. The third kappa shape index (κ3) is 3.66. The Kier molecular flexibility index (Phi) is 4.66. The first kappa shape index (κ1) is 15.9. The number of hydrogen-bond donors (Lipinski definition) is 2. The lowest BCUT2D eigenvalue weighted by Gasteiger charge is -2.03. The Labute approximate surface area is 141 Å². The smallest absolute Gasteiger partial charge is 0.264 e. The molecular formula is C16H13N3O4S. The van der Waals surface area contributed by atoms with Crippen LogP contribution in [0.3, 0.4) is 0 Å². The van der Waals surface area contributed by atoms with Crippen LogP contribution in [0.5, 0.6) is 11.5 Å². The zero-order chi connectivity index (χ0) is 16.9. The van der Waals surface area contributed by atoms with E-state index in [1.54, 1.807) is 30.3 Å². The van der Waals surface area contributed by atoms with Crippen molar-refractivity contribution < 1.29 is 19.1 Å². The van der Waals surface area contributed by atoms with Crippen molar-refractivity contribution in [1.82, 2.24) is 5.32 Å². The number of carbonyl (C=O) groups excluding carboxylic acids is 1. The first-order valence-corrected chi connectivity index (χ1v) is 7.70. The molecule has 0 unspecified atom stereocenters. The number of hydrogen-bond acceptors (Lipinski definition) is 7. The van der Waals surface area contributed by atoms with Crippen LogP contribution < -0.4 is 10.1 Å². The molecule has 0 bridgehead atoms. The zero-order valence-electron chi connectivity index (χ0n) is 12.6. The van der Waals surface area contributed by atoms with Gasteiger partial charge in [0.05, 0.1) is 24.5 Å². The summed E-state index contributed by atoms with van der Waals surface area (Å²) in [6, 6.07) is 8.32. The monoisotopic (exact) mass is 343 g/mol. The quantitative estimate of drug-likeness (QED) is 0.505. The minimum absolute atomic E-state index is 0.0395. The summed E-state index contributed by atoms with van der Waals surface area (Å²) in [5.41, 5.74) is 0.725. The van der Waals surface area contributed by atoms with Gasteiger partial charge in [0, 0.05) is 0 Å². The molecule has 122 valence electrons. The van der Waals surface area contributed by atoms with E-state index in [0.717, 1.165) is 5.56 Å². The van der Waals surface area contributed by atoms with Crippen LogP contribution >= 0.6 is 11.8 Å². The molecule has 0 radical (unpaired) electrons. The second kappa shape index (κ2) is 7.05. The van der Waals surface area contributed by atoms with Gasteiger partial charge in [-0.25, -0.2) is 0 Å². The number of nitrogens with zero attached hydrogens (tertiary/aromatic N) is 2. The molecule has 2 aromatic rings. The number of benzene rings is 1. The summed E-state index contributed by atoms with van der Waals surface area (Å²) >= 11 is 1.17. The fourth-order valence-electron chi connectivity index (χ4n) is 1.91. The highest BCUT2D eigenvalue weighted by atomic mass is 32.2. The molecule has 0 atom stereocenters. The number of furan rings is 1. The highest BCUT2D eigenvalue weighted by Crippen LogP contribution is 2.30. The highest BCUT2D eigenvalue weighted by Gasteiger charge is 2.23. The molecular weight excluding hydrogens is 330 g/mol. The lowest BCUT2D eigenvalue weighted by atomic mass is 10.2. The second-order valence-electron chi connectivity index (χ2n) is 4.66. The Hall–Kier alpha value is -3.00. The van der Waals surface area contributed by atoms with E-state index in [9.17, 15) is 9.90 Å². The molecule has 8 heteroatoms. The summed E-state index contributed by atoms with van der Waals surface area (Å²) in [4.78, 5) is 12.4. The lowest BCUT2D eigenvalue weighted by molar-refractivity contribution is -0.115. The summed E-state index contributed by atoms with van der Waals surface area (Å²) in [5, 5.41) is 20.4. The van der Waals surface area contributed by atoms with Crippen LogP contribution in [0.15, 0.2) is 56.1 Å². The van der Waals surface area contributed by atoms with E-state index in [2.05, 4.69) is 15.5 Å². The largest absolute Gasteiger partial charge is 0.504 e. The minimum Gasteiger partial charge on any atom is -0.504 e. The number of methoxy groups -OCH3 is 1. The summed E-state index contributed by atoms with van der Waals surface area (Å²) in [7, 11) is 1.46. The lowest BCUT2D eigenvalue weighted by Crippen LogP contribution is -2.19. The number of carbonyl (C=O) groups is 1. The highest BCUT2D eigenvalue weighted by molar-refractivity contribution is 8.18. The maximum Gasteiger partial charge on any atom is 0.264 e. The molecule has 1 fully saturated rings. The van der Waals surface area contributed by atoms with Crippen molar-refractivity contribution in [2.75, 3.05) is 7.11 Å². The van der Waals surface area contributed by atoms with E-state index >= 15 is 0 Å². The Morgan fingerprint density at radius 3 is 3.00 bits per heavy atom. The van der Waals surface area contributed by atoms with Gasteiger partial charge in [-0.2, -0.15) is 5.10 Å². The Balaban J connectivity index is 1.74. The zero-order valence-corrected chi connectivity index (χ0v) is 13.4. The van der Waals surface area contributed by atoms with Crippen molar-refractivity contribution in [2.45, 2.75) is 0 Å². The molecule has 2 heterocycles. The Morgan fingerprint density at radius 1 is 1.38 bits per heavy atom. The van der Waals surface area contributed by atoms with Crippen LogP contribution in [-0.2, 0) is 4.79 Å². The molecule has 1 aliphatic rings. The molecule has 0 aliphatic carbocycles. The molecule has 3 rings (SSSR count). The van der Waals surface area contributed by atoms with Crippen LogP contribution in [0.2, 0.25) is 0 Å². The molecule has 0 saturated carbocycles. The molecule has 1 saturated heterocycles. The first-order valence-electron chi connectivity index (χ1n) is 6.88. The van der Waals surface area contributed by atoms with Crippen molar-refractivity contribution >= 4 is 35.1 Å². The van der Waals surface area contributed by atoms with E-state index in [1.807, 2.05) is 0 Å². The Morgan fingerprint density at radius 2 is 2.25 bits per heavy atom. The number of phenols is 1. The van der Waals surface area contributed by atoms with Crippen LogP contribution in [0, 0.1) is 0 Å². The second-order valence-corrected chi connectivity index (χ2v) is 5.69. The average Bonchev–Trinajstić information content (AvgIpc) is 3.20. The topological polar surface area (TPSA) is 96.4 Å². The summed E-state index contributed by atoms with van der Waals surface area (Å²) in [6.07, 6.45) is 4.67. The maximum absolute atomic E-state index is 12.0. The van der Waals surface area contributed by atoms with E-state index in [0.29, 0.717) is 21.6 Å². The fraction of sp³-hybridized carbons (Fsp3) is 0.0625. The van der Waals surface area contributed by atoms with Crippen molar-refractivity contribution in [3.63, 3.8) is 0 Å². The van der Waals surface area contributed by atoms with Gasteiger partial charge in [-0.3, -0.25) is 10.1 Å². The minimum atomic E-state index is -0.265. The van der Waals surface area contributed by atoms with Crippen LogP contribution in [-0.4, -0.2) is 29.5 Å². The molecule has 1 amide bonds. The number of rotatable bonds is 4. The van der Waals surface area contributed by atoms with E-state index in [1.165, 1.54) is 37.4 Å². The molecule has 1 aromatic carbocycles. The van der Waals surface area contributed by atoms with Gasteiger partial charge < -0.3 is 14.3 Å². The van der Waals surface area contributed by atoms with Gasteiger partial charge in [-0.15, -0.1) is 5.10 Å². The molecule has 1 aliphatic heterocycles. The van der Waals surface area contributed by atoms with Gasteiger partial charge in [0.25, 0.3) is 5.91 Å². The van der Waals surface area contributed by atoms with Crippen LogP contribution in [0.25, 0.3) is 6.08 Å². The number of ether oxygens (including phenoxy) is 1. The van der Waals surface area contributed by atoms with Crippen molar-refractivity contribution in [2.24, 2.45) is 10.2 Å². The third-order valence-electron chi connectivity index (χ3n) is 3.03. The molecule has 24 heavy (non-hydrogen) atoms. The number of thioether (sulfide) groups is 1. The van der Waals surface area contributed by atoms with Gasteiger partial charge in [0.2, 0.25) is 0 Å². The molecule has 7 nitrogen and oxygen atoms in total. The summed E-state index contributed by atoms with van der Waals surface area (Å²) in [5.74, 6) is 0.682.